The van der Waals surface area contributed by atoms with E-state index in [9.17, 15) is 0 Å². The molecule has 0 radical (unpaired) electrons. The van der Waals surface area contributed by atoms with Gasteiger partial charge >= 0.3 is 0 Å². The smallest absolute Gasteiger partial charge is 0.164 e. The van der Waals surface area contributed by atoms with Crippen LogP contribution in [0.5, 0.6) is 0 Å². The zero-order chi connectivity index (χ0) is 37.7. The lowest BCUT2D eigenvalue weighted by Crippen LogP contribution is -2.09. The minimum absolute atomic E-state index is 0.646. The Morgan fingerprint density at radius 3 is 1.68 bits per heavy atom. The minimum atomic E-state index is 0.646. The molecule has 8 aromatic carbocycles. The van der Waals surface area contributed by atoms with Crippen LogP contribution < -0.4 is 4.90 Å². The fraction of sp³-hybridized carbons (Fsp3) is 0. The van der Waals surface area contributed by atoms with E-state index in [4.69, 9.17) is 14.4 Å². The van der Waals surface area contributed by atoms with Crippen molar-refractivity contribution in [2.45, 2.75) is 0 Å². The van der Waals surface area contributed by atoms with Crippen molar-refractivity contribution < 1.29 is 4.42 Å². The van der Waals surface area contributed by atoms with Crippen LogP contribution in [0.3, 0.4) is 0 Å². The van der Waals surface area contributed by atoms with Crippen LogP contribution in [0.1, 0.15) is 0 Å². The molecule has 0 atom stereocenters. The highest BCUT2D eigenvalue weighted by Gasteiger charge is 2.22. The van der Waals surface area contributed by atoms with Crippen LogP contribution in [-0.4, -0.2) is 9.97 Å². The van der Waals surface area contributed by atoms with E-state index in [1.165, 1.54) is 15.8 Å². The first-order valence-corrected chi connectivity index (χ1v) is 19.9. The third-order valence-electron chi connectivity index (χ3n) is 10.7. The second-order valence-electron chi connectivity index (χ2n) is 14.1. The normalized spacial score (nSPS) is 11.5. The van der Waals surface area contributed by atoms with Gasteiger partial charge in [0.15, 0.2) is 5.82 Å². The summed E-state index contributed by atoms with van der Waals surface area (Å²) in [7, 11) is 0. The Morgan fingerprint density at radius 2 is 0.965 bits per heavy atom. The van der Waals surface area contributed by atoms with Gasteiger partial charge in [-0.25, -0.2) is 9.97 Å². The van der Waals surface area contributed by atoms with Crippen LogP contribution in [-0.2, 0) is 0 Å². The Labute approximate surface area is 333 Å². The molecular formula is C52H33N3OS. The van der Waals surface area contributed by atoms with E-state index in [0.717, 1.165) is 82.6 Å². The number of nitrogens with zero attached hydrogens (tertiary/aromatic N) is 3. The molecule has 57 heavy (non-hydrogen) atoms. The molecule has 268 valence electrons. The van der Waals surface area contributed by atoms with Crippen LogP contribution in [0, 0.1) is 0 Å². The summed E-state index contributed by atoms with van der Waals surface area (Å²) < 4.78 is 9.04. The van der Waals surface area contributed by atoms with Gasteiger partial charge in [-0.15, -0.1) is 11.3 Å². The number of hydrogen-bond donors (Lipinski definition) is 0. The summed E-state index contributed by atoms with van der Waals surface area (Å²) in [5.74, 6) is 0.646. The highest BCUT2D eigenvalue weighted by molar-refractivity contribution is 7.26. The number of aromatic nitrogens is 2. The molecule has 0 fully saturated rings. The first-order valence-electron chi connectivity index (χ1n) is 19.1. The van der Waals surface area contributed by atoms with Gasteiger partial charge in [0.1, 0.15) is 11.2 Å². The van der Waals surface area contributed by atoms with Crippen molar-refractivity contribution in [3.63, 3.8) is 0 Å². The molecule has 0 spiro atoms. The zero-order valence-electron chi connectivity index (χ0n) is 30.7. The van der Waals surface area contributed by atoms with Gasteiger partial charge in [-0.05, 0) is 76.9 Å². The molecule has 3 heterocycles. The number of benzene rings is 8. The average molecular weight is 748 g/mol. The van der Waals surface area contributed by atoms with Gasteiger partial charge in [0, 0.05) is 43.5 Å². The van der Waals surface area contributed by atoms with Crippen LogP contribution >= 0.6 is 11.3 Å². The Morgan fingerprint density at radius 1 is 0.421 bits per heavy atom. The molecule has 0 unspecified atom stereocenters. The first kappa shape index (κ1) is 33.0. The molecule has 0 saturated carbocycles. The molecule has 0 saturated heterocycles. The number of anilines is 3. The van der Waals surface area contributed by atoms with Crippen molar-refractivity contribution in [2.24, 2.45) is 0 Å². The number of hydrogen-bond acceptors (Lipinski definition) is 5. The Balaban J connectivity index is 1.05. The number of thiophene rings is 1. The van der Waals surface area contributed by atoms with Gasteiger partial charge in [-0.2, -0.15) is 0 Å². The number of fused-ring (bicyclic) bond motifs is 6. The summed E-state index contributed by atoms with van der Waals surface area (Å²) in [4.78, 5) is 12.9. The van der Waals surface area contributed by atoms with E-state index in [1.807, 2.05) is 18.2 Å². The summed E-state index contributed by atoms with van der Waals surface area (Å²) >= 11 is 1.74. The SMILES string of the molecule is c1ccc(-c2ccc(N(c3ccccc3)c3ccc(-c4ccc(-c5nc(-c6ccccc6)c6sc7ccccc7c6n5)c5oc6ccccc6c45)cc3)cc2)cc1. The molecule has 0 aliphatic carbocycles. The second-order valence-corrected chi connectivity index (χ2v) is 15.2. The van der Waals surface area contributed by atoms with Gasteiger partial charge in [0.25, 0.3) is 0 Å². The van der Waals surface area contributed by atoms with E-state index in [-0.39, 0.29) is 0 Å². The van der Waals surface area contributed by atoms with Crippen molar-refractivity contribution in [2.75, 3.05) is 4.90 Å². The van der Waals surface area contributed by atoms with Crippen molar-refractivity contribution in [1.29, 1.82) is 0 Å². The quantitative estimate of drug-likeness (QED) is 0.163. The highest BCUT2D eigenvalue weighted by atomic mass is 32.1. The molecule has 4 nitrogen and oxygen atoms in total. The van der Waals surface area contributed by atoms with Crippen molar-refractivity contribution in [3.8, 4) is 44.9 Å². The second kappa shape index (κ2) is 13.7. The standard InChI is InChI=1S/C52H33N3OS/c1-4-14-34(15-5-1)35-24-28-39(29-25-35)55(38-18-8-3-9-19-38)40-30-26-36(27-31-40)41-32-33-44(50-47(41)42-20-10-12-22-45(42)56-50)52-53-48(37-16-6-2-7-17-37)51-49(54-52)43-21-11-13-23-46(43)57-51/h1-33H. The Hall–Kier alpha value is -7.34. The highest BCUT2D eigenvalue weighted by Crippen LogP contribution is 2.45. The largest absolute Gasteiger partial charge is 0.455 e. The number of para-hydroxylation sites is 2. The fourth-order valence-corrected chi connectivity index (χ4v) is 9.15. The maximum atomic E-state index is 6.76. The van der Waals surface area contributed by atoms with E-state index < -0.39 is 0 Å². The molecule has 11 aromatic rings. The topological polar surface area (TPSA) is 42.2 Å². The van der Waals surface area contributed by atoms with Gasteiger partial charge in [-0.1, -0.05) is 146 Å². The van der Waals surface area contributed by atoms with Crippen LogP contribution in [0.15, 0.2) is 205 Å². The molecule has 5 heteroatoms. The first-order chi connectivity index (χ1) is 28.3. The van der Waals surface area contributed by atoms with Crippen molar-refractivity contribution in [1.82, 2.24) is 9.97 Å². The maximum Gasteiger partial charge on any atom is 0.164 e. The molecular weight excluding hydrogens is 715 g/mol. The van der Waals surface area contributed by atoms with Gasteiger partial charge in [0.2, 0.25) is 0 Å². The number of rotatable bonds is 7. The van der Waals surface area contributed by atoms with Crippen molar-refractivity contribution in [3.05, 3.63) is 200 Å². The molecule has 3 aromatic heterocycles. The summed E-state index contributed by atoms with van der Waals surface area (Å²) in [6.45, 7) is 0. The van der Waals surface area contributed by atoms with Gasteiger partial charge in [-0.3, -0.25) is 0 Å². The lowest BCUT2D eigenvalue weighted by Gasteiger charge is -2.26. The summed E-state index contributed by atoms with van der Waals surface area (Å²) in [5.41, 5.74) is 13.3. The maximum absolute atomic E-state index is 6.76. The number of furan rings is 1. The molecule has 0 N–H and O–H groups in total. The summed E-state index contributed by atoms with van der Waals surface area (Å²) in [6, 6.07) is 70.2. The van der Waals surface area contributed by atoms with Crippen LogP contribution in [0.25, 0.3) is 87.1 Å². The summed E-state index contributed by atoms with van der Waals surface area (Å²) in [5, 5.41) is 3.24. The average Bonchev–Trinajstić information content (AvgIpc) is 3.87. The Bertz CT molecular complexity index is 3210. The predicted octanol–water partition coefficient (Wildman–Crippen LogP) is 14.9. The van der Waals surface area contributed by atoms with Crippen LogP contribution in [0.4, 0.5) is 17.1 Å². The summed E-state index contributed by atoms with van der Waals surface area (Å²) in [6.07, 6.45) is 0. The molecule has 0 amide bonds. The fourth-order valence-electron chi connectivity index (χ4n) is 8.00. The lowest BCUT2D eigenvalue weighted by atomic mass is 9.96. The third kappa shape index (κ3) is 5.76. The Kier molecular flexibility index (Phi) is 7.97. The minimum Gasteiger partial charge on any atom is -0.455 e. The van der Waals surface area contributed by atoms with E-state index in [0.29, 0.717) is 5.82 Å². The van der Waals surface area contributed by atoms with E-state index in [2.05, 4.69) is 187 Å². The van der Waals surface area contributed by atoms with Crippen molar-refractivity contribution >= 4 is 70.6 Å². The molecule has 11 rings (SSSR count). The van der Waals surface area contributed by atoms with Crippen LogP contribution in [0.2, 0.25) is 0 Å². The predicted molar refractivity (Wildman–Crippen MR) is 239 cm³/mol. The molecule has 0 aliphatic rings. The molecule has 0 bridgehead atoms. The zero-order valence-corrected chi connectivity index (χ0v) is 31.5. The lowest BCUT2D eigenvalue weighted by molar-refractivity contribution is 0.669. The van der Waals surface area contributed by atoms with E-state index >= 15 is 0 Å². The van der Waals surface area contributed by atoms with Gasteiger partial charge < -0.3 is 9.32 Å². The monoisotopic (exact) mass is 747 g/mol. The van der Waals surface area contributed by atoms with Gasteiger partial charge in [0.05, 0.1) is 21.5 Å². The third-order valence-corrected chi connectivity index (χ3v) is 11.9. The van der Waals surface area contributed by atoms with E-state index in [1.54, 1.807) is 11.3 Å². The molecule has 0 aliphatic heterocycles.